The maximum atomic E-state index is 12.8. The van der Waals surface area contributed by atoms with Crippen LogP contribution in [-0.2, 0) is 6.18 Å². The lowest BCUT2D eigenvalue weighted by atomic mass is 10.0. The van der Waals surface area contributed by atoms with Gasteiger partial charge in [-0.2, -0.15) is 13.2 Å². The summed E-state index contributed by atoms with van der Waals surface area (Å²) in [6, 6.07) is 2.15. The fourth-order valence-electron chi connectivity index (χ4n) is 1.34. The molecule has 2 nitrogen and oxygen atoms in total. The molecule has 0 unspecified atom stereocenters. The van der Waals surface area contributed by atoms with E-state index in [1.54, 1.807) is 0 Å². The third-order valence-corrected chi connectivity index (χ3v) is 2.56. The maximum absolute atomic E-state index is 12.8. The predicted octanol–water partition coefficient (Wildman–Crippen LogP) is 3.79. The lowest BCUT2D eigenvalue weighted by molar-refractivity contribution is -0.139. The summed E-state index contributed by atoms with van der Waals surface area (Å²) in [5.74, 6) is -1.96. The van der Waals surface area contributed by atoms with Crippen LogP contribution in [0.15, 0.2) is 12.1 Å². The minimum Gasteiger partial charge on any atom is -0.495 e. The molecule has 0 fully saturated rings. The molecule has 0 saturated carbocycles. The van der Waals surface area contributed by atoms with Crippen molar-refractivity contribution in [2.45, 2.75) is 6.18 Å². The molecule has 0 N–H and O–H groups in total. The summed E-state index contributed by atoms with van der Waals surface area (Å²) in [5, 5.41) is -0.217. The highest BCUT2D eigenvalue weighted by Gasteiger charge is 2.39. The van der Waals surface area contributed by atoms with Gasteiger partial charge in [-0.3, -0.25) is 4.79 Å². The number of carbonyl (C=O) groups is 1. The van der Waals surface area contributed by atoms with Crippen LogP contribution in [0.4, 0.5) is 13.2 Å². The van der Waals surface area contributed by atoms with Crippen molar-refractivity contribution in [1.82, 2.24) is 0 Å². The second-order valence-electron chi connectivity index (χ2n) is 3.06. The summed E-state index contributed by atoms with van der Waals surface area (Å²) in [6.07, 6.45) is -4.74. The van der Waals surface area contributed by atoms with E-state index in [0.717, 1.165) is 19.2 Å². The minimum absolute atomic E-state index is 0.217. The van der Waals surface area contributed by atoms with E-state index in [4.69, 9.17) is 23.2 Å². The van der Waals surface area contributed by atoms with Gasteiger partial charge in [0.2, 0.25) is 0 Å². The van der Waals surface area contributed by atoms with Gasteiger partial charge in [-0.05, 0) is 12.1 Å². The Bertz CT molecular complexity index is 444. The standard InChI is InChI=1S/C10H7Cl2F3O2/c1-17-9-6(12)3-2-5(7(16)4-11)8(9)10(13,14)15/h2-3H,4H2,1H3. The summed E-state index contributed by atoms with van der Waals surface area (Å²) in [6.45, 7) is 0. The zero-order valence-electron chi connectivity index (χ0n) is 8.57. The van der Waals surface area contributed by atoms with Crippen molar-refractivity contribution in [2.24, 2.45) is 0 Å². The Morgan fingerprint density at radius 3 is 2.41 bits per heavy atom. The van der Waals surface area contributed by atoms with Gasteiger partial charge in [0.25, 0.3) is 0 Å². The molecule has 0 bridgehead atoms. The highest BCUT2D eigenvalue weighted by atomic mass is 35.5. The SMILES string of the molecule is COc1c(Cl)ccc(C(=O)CCl)c1C(F)(F)F. The fourth-order valence-corrected chi connectivity index (χ4v) is 1.72. The molecule has 0 aliphatic rings. The Balaban J connectivity index is 3.57. The molecule has 17 heavy (non-hydrogen) atoms. The number of ketones is 1. The zero-order chi connectivity index (χ0) is 13.2. The lowest BCUT2D eigenvalue weighted by Gasteiger charge is -2.16. The molecule has 1 aromatic rings. The van der Waals surface area contributed by atoms with Crippen LogP contribution in [0.5, 0.6) is 5.75 Å². The topological polar surface area (TPSA) is 26.3 Å². The maximum Gasteiger partial charge on any atom is 0.420 e. The van der Waals surface area contributed by atoms with Gasteiger partial charge in [0.15, 0.2) is 5.78 Å². The van der Waals surface area contributed by atoms with Crippen LogP contribution >= 0.6 is 23.2 Å². The lowest BCUT2D eigenvalue weighted by Crippen LogP contribution is -2.15. The van der Waals surface area contributed by atoms with Crippen molar-refractivity contribution in [3.63, 3.8) is 0 Å². The van der Waals surface area contributed by atoms with E-state index in [1.807, 2.05) is 0 Å². The summed E-state index contributed by atoms with van der Waals surface area (Å²) in [5.41, 5.74) is -1.74. The predicted molar refractivity (Wildman–Crippen MR) is 58.1 cm³/mol. The highest BCUT2D eigenvalue weighted by Crippen LogP contribution is 2.42. The number of benzene rings is 1. The number of hydrogen-bond acceptors (Lipinski definition) is 2. The molecule has 1 rings (SSSR count). The van der Waals surface area contributed by atoms with Crippen LogP contribution in [0, 0.1) is 0 Å². The number of rotatable bonds is 3. The number of methoxy groups -OCH3 is 1. The highest BCUT2D eigenvalue weighted by molar-refractivity contribution is 6.33. The zero-order valence-corrected chi connectivity index (χ0v) is 10.1. The average molecular weight is 287 g/mol. The summed E-state index contributed by atoms with van der Waals surface area (Å²) < 4.78 is 43.1. The first-order valence-corrected chi connectivity index (χ1v) is 5.27. The number of Topliss-reactive ketones (excluding diaryl/α,β-unsaturated/α-hetero) is 1. The number of carbonyl (C=O) groups excluding carboxylic acids is 1. The minimum atomic E-state index is -4.74. The van der Waals surface area contributed by atoms with Gasteiger partial charge in [0.05, 0.1) is 18.0 Å². The largest absolute Gasteiger partial charge is 0.495 e. The summed E-state index contributed by atoms with van der Waals surface area (Å²) in [4.78, 5) is 11.3. The van der Waals surface area contributed by atoms with Crippen molar-refractivity contribution in [2.75, 3.05) is 13.0 Å². The second-order valence-corrected chi connectivity index (χ2v) is 3.73. The molecule has 0 aliphatic heterocycles. The van der Waals surface area contributed by atoms with Gasteiger partial charge in [-0.1, -0.05) is 11.6 Å². The molecule has 0 aliphatic carbocycles. The number of alkyl halides is 4. The quantitative estimate of drug-likeness (QED) is 0.624. The third-order valence-electron chi connectivity index (χ3n) is 2.02. The van der Waals surface area contributed by atoms with Crippen LogP contribution in [0.25, 0.3) is 0 Å². The Morgan fingerprint density at radius 2 is 2.00 bits per heavy atom. The van der Waals surface area contributed by atoms with Crippen LogP contribution in [0.3, 0.4) is 0 Å². The molecule has 0 amide bonds. The first kappa shape index (κ1) is 14.1. The first-order valence-electron chi connectivity index (χ1n) is 4.35. The van der Waals surface area contributed by atoms with E-state index in [-0.39, 0.29) is 5.02 Å². The number of hydrogen-bond donors (Lipinski definition) is 0. The number of ether oxygens (including phenoxy) is 1. The van der Waals surface area contributed by atoms with Crippen molar-refractivity contribution < 1.29 is 22.7 Å². The van der Waals surface area contributed by atoms with Gasteiger partial charge in [-0.25, -0.2) is 0 Å². The normalized spacial score (nSPS) is 11.4. The molecule has 0 aromatic heterocycles. The Hall–Kier alpha value is -0.940. The average Bonchev–Trinajstić information content (AvgIpc) is 2.26. The van der Waals surface area contributed by atoms with Crippen LogP contribution in [0.1, 0.15) is 15.9 Å². The smallest absolute Gasteiger partial charge is 0.420 e. The third kappa shape index (κ3) is 2.84. The number of halogens is 5. The van der Waals surface area contributed by atoms with Gasteiger partial charge in [-0.15, -0.1) is 11.6 Å². The van der Waals surface area contributed by atoms with E-state index in [9.17, 15) is 18.0 Å². The van der Waals surface area contributed by atoms with Crippen molar-refractivity contribution >= 4 is 29.0 Å². The molecule has 7 heteroatoms. The van der Waals surface area contributed by atoms with E-state index in [0.29, 0.717) is 0 Å². The molecule has 0 spiro atoms. The van der Waals surface area contributed by atoms with E-state index >= 15 is 0 Å². The van der Waals surface area contributed by atoms with E-state index in [1.165, 1.54) is 0 Å². The molecule has 0 saturated heterocycles. The van der Waals surface area contributed by atoms with Gasteiger partial charge in [0.1, 0.15) is 11.3 Å². The molecular formula is C10H7Cl2F3O2. The molecular weight excluding hydrogens is 280 g/mol. The van der Waals surface area contributed by atoms with Gasteiger partial charge >= 0.3 is 6.18 Å². The molecule has 0 heterocycles. The van der Waals surface area contributed by atoms with E-state index < -0.39 is 34.7 Å². The van der Waals surface area contributed by atoms with Crippen molar-refractivity contribution in [3.8, 4) is 5.75 Å². The fraction of sp³-hybridized carbons (Fsp3) is 0.300. The van der Waals surface area contributed by atoms with Crippen LogP contribution in [-0.4, -0.2) is 18.8 Å². The molecule has 94 valence electrons. The van der Waals surface area contributed by atoms with Gasteiger partial charge in [0, 0.05) is 5.56 Å². The molecule has 1 aromatic carbocycles. The molecule has 0 radical (unpaired) electrons. The van der Waals surface area contributed by atoms with E-state index in [2.05, 4.69) is 4.74 Å². The van der Waals surface area contributed by atoms with Crippen molar-refractivity contribution in [3.05, 3.63) is 28.3 Å². The second kappa shape index (κ2) is 5.14. The first-order chi connectivity index (χ1) is 7.82. The summed E-state index contributed by atoms with van der Waals surface area (Å²) >= 11 is 10.8. The Kier molecular flexibility index (Phi) is 4.27. The molecule has 0 atom stereocenters. The van der Waals surface area contributed by atoms with Crippen LogP contribution < -0.4 is 4.74 Å². The van der Waals surface area contributed by atoms with Crippen molar-refractivity contribution in [1.29, 1.82) is 0 Å². The Labute approximate surface area is 105 Å². The van der Waals surface area contributed by atoms with Crippen LogP contribution in [0.2, 0.25) is 5.02 Å². The Morgan fingerprint density at radius 1 is 1.41 bits per heavy atom. The summed E-state index contributed by atoms with van der Waals surface area (Å²) in [7, 11) is 1.05. The van der Waals surface area contributed by atoms with Gasteiger partial charge < -0.3 is 4.74 Å². The monoisotopic (exact) mass is 286 g/mol.